The Bertz CT molecular complexity index is 408. The summed E-state index contributed by atoms with van der Waals surface area (Å²) in [6, 6.07) is 4.00. The molecule has 0 radical (unpaired) electrons. The maximum absolute atomic E-state index is 10.2. The number of aliphatic hydroxyl groups is 1. The van der Waals surface area contributed by atoms with Gasteiger partial charge in [-0.3, -0.25) is 0 Å². The van der Waals surface area contributed by atoms with Crippen molar-refractivity contribution in [2.45, 2.75) is 84.2 Å². The lowest BCUT2D eigenvalue weighted by molar-refractivity contribution is 0.132. The number of aromatic nitrogens is 1. The van der Waals surface area contributed by atoms with Crippen molar-refractivity contribution in [1.29, 1.82) is 0 Å². The molecule has 0 aliphatic carbocycles. The standard InChI is InChI=1S/C20H35NO2/c1-4-5-6-7-8-9-10-13-19(22)16-17(2)15-18-12-11-14-21-20(18)23-3/h11-12,14,17,19,22H,4-10,13,15-16H2,1-3H3. The SMILES string of the molecule is CCCCCCCCCC(O)CC(C)Cc1cccnc1OC. The fourth-order valence-electron chi connectivity index (χ4n) is 3.14. The summed E-state index contributed by atoms with van der Waals surface area (Å²) in [5.74, 6) is 1.15. The number of ether oxygens (including phenoxy) is 1. The molecule has 1 rings (SSSR count). The van der Waals surface area contributed by atoms with E-state index < -0.39 is 0 Å². The van der Waals surface area contributed by atoms with Gasteiger partial charge in [-0.25, -0.2) is 4.98 Å². The van der Waals surface area contributed by atoms with Gasteiger partial charge in [-0.05, 0) is 31.2 Å². The van der Waals surface area contributed by atoms with Crippen molar-refractivity contribution < 1.29 is 9.84 Å². The van der Waals surface area contributed by atoms with Gasteiger partial charge >= 0.3 is 0 Å². The highest BCUT2D eigenvalue weighted by molar-refractivity contribution is 5.25. The Balaban J connectivity index is 2.17. The topological polar surface area (TPSA) is 42.4 Å². The molecule has 1 heterocycles. The first-order chi connectivity index (χ1) is 11.2. The third-order valence-corrected chi connectivity index (χ3v) is 4.43. The van der Waals surface area contributed by atoms with Crippen LogP contribution in [0, 0.1) is 5.92 Å². The summed E-state index contributed by atoms with van der Waals surface area (Å²) < 4.78 is 5.30. The van der Waals surface area contributed by atoms with Gasteiger partial charge in [0.05, 0.1) is 13.2 Å². The summed E-state index contributed by atoms with van der Waals surface area (Å²) in [4.78, 5) is 4.24. The van der Waals surface area contributed by atoms with Crippen LogP contribution in [0.1, 0.15) is 77.2 Å². The van der Waals surface area contributed by atoms with E-state index in [9.17, 15) is 5.11 Å². The van der Waals surface area contributed by atoms with Crippen molar-refractivity contribution in [2.75, 3.05) is 7.11 Å². The molecule has 0 aliphatic heterocycles. The summed E-state index contributed by atoms with van der Waals surface area (Å²) in [6.07, 6.45) is 13.4. The average molecular weight is 322 g/mol. The van der Waals surface area contributed by atoms with Crippen molar-refractivity contribution in [1.82, 2.24) is 4.98 Å². The van der Waals surface area contributed by atoms with E-state index in [0.29, 0.717) is 11.8 Å². The van der Waals surface area contributed by atoms with Crippen molar-refractivity contribution >= 4 is 0 Å². The summed E-state index contributed by atoms with van der Waals surface area (Å²) in [5.41, 5.74) is 1.13. The zero-order valence-corrected chi connectivity index (χ0v) is 15.3. The van der Waals surface area contributed by atoms with Crippen LogP contribution in [0.4, 0.5) is 0 Å². The van der Waals surface area contributed by atoms with Gasteiger partial charge in [0, 0.05) is 11.8 Å². The van der Waals surface area contributed by atoms with E-state index in [1.54, 1.807) is 13.3 Å². The van der Waals surface area contributed by atoms with Gasteiger partial charge < -0.3 is 9.84 Å². The van der Waals surface area contributed by atoms with E-state index in [0.717, 1.165) is 31.2 Å². The highest BCUT2D eigenvalue weighted by Crippen LogP contribution is 2.22. The molecule has 1 aromatic rings. The Hall–Kier alpha value is -1.09. The van der Waals surface area contributed by atoms with Crippen molar-refractivity contribution in [3.8, 4) is 5.88 Å². The van der Waals surface area contributed by atoms with Crippen LogP contribution in [-0.4, -0.2) is 23.3 Å². The zero-order chi connectivity index (χ0) is 16.9. The van der Waals surface area contributed by atoms with Crippen molar-refractivity contribution in [2.24, 2.45) is 5.92 Å². The van der Waals surface area contributed by atoms with Crippen LogP contribution in [0.3, 0.4) is 0 Å². The average Bonchev–Trinajstić information content (AvgIpc) is 2.54. The van der Waals surface area contributed by atoms with E-state index in [1.807, 2.05) is 6.07 Å². The predicted octanol–water partition coefficient (Wildman–Crippen LogP) is 5.16. The molecule has 0 spiro atoms. The number of rotatable bonds is 13. The van der Waals surface area contributed by atoms with E-state index in [1.165, 1.54) is 38.5 Å². The van der Waals surface area contributed by atoms with Gasteiger partial charge in [0.15, 0.2) is 0 Å². The lowest BCUT2D eigenvalue weighted by Gasteiger charge is -2.17. The Morgan fingerprint density at radius 1 is 1.13 bits per heavy atom. The highest BCUT2D eigenvalue weighted by atomic mass is 16.5. The Labute approximate surface area is 142 Å². The Kier molecular flexibility index (Phi) is 10.7. The highest BCUT2D eigenvalue weighted by Gasteiger charge is 2.13. The minimum atomic E-state index is -0.177. The van der Waals surface area contributed by atoms with Crippen LogP contribution in [0.15, 0.2) is 18.3 Å². The second-order valence-electron chi connectivity index (χ2n) is 6.78. The molecule has 23 heavy (non-hydrogen) atoms. The molecule has 1 aromatic heterocycles. The maximum atomic E-state index is 10.2. The van der Waals surface area contributed by atoms with Crippen molar-refractivity contribution in [3.05, 3.63) is 23.9 Å². The molecule has 132 valence electrons. The molecule has 0 saturated carbocycles. The molecule has 0 aliphatic rings. The number of pyridine rings is 1. The summed E-state index contributed by atoms with van der Waals surface area (Å²) >= 11 is 0. The van der Waals surface area contributed by atoms with Gasteiger partial charge in [-0.2, -0.15) is 0 Å². The number of nitrogens with zero attached hydrogens (tertiary/aromatic N) is 1. The third kappa shape index (κ3) is 8.95. The monoisotopic (exact) mass is 321 g/mol. The Morgan fingerprint density at radius 2 is 1.83 bits per heavy atom. The second-order valence-corrected chi connectivity index (χ2v) is 6.78. The van der Waals surface area contributed by atoms with E-state index in [-0.39, 0.29) is 6.10 Å². The normalized spacial score (nSPS) is 13.7. The zero-order valence-electron chi connectivity index (χ0n) is 15.3. The predicted molar refractivity (Wildman–Crippen MR) is 96.9 cm³/mol. The van der Waals surface area contributed by atoms with Crippen LogP contribution >= 0.6 is 0 Å². The van der Waals surface area contributed by atoms with Gasteiger partial charge in [0.25, 0.3) is 0 Å². The minimum Gasteiger partial charge on any atom is -0.481 e. The van der Waals surface area contributed by atoms with Gasteiger partial charge in [0.1, 0.15) is 0 Å². The van der Waals surface area contributed by atoms with Gasteiger partial charge in [-0.1, -0.05) is 64.9 Å². The quantitative estimate of drug-likeness (QED) is 0.510. The molecule has 3 heteroatoms. The van der Waals surface area contributed by atoms with Crippen LogP contribution in [-0.2, 0) is 6.42 Å². The number of aliphatic hydroxyl groups excluding tert-OH is 1. The lowest BCUT2D eigenvalue weighted by atomic mass is 9.93. The first-order valence-electron chi connectivity index (χ1n) is 9.33. The van der Waals surface area contributed by atoms with Crippen LogP contribution in [0.25, 0.3) is 0 Å². The summed E-state index contributed by atoms with van der Waals surface area (Å²) in [6.45, 7) is 4.44. The molecule has 3 nitrogen and oxygen atoms in total. The fraction of sp³-hybridized carbons (Fsp3) is 0.750. The van der Waals surface area contributed by atoms with Crippen LogP contribution in [0.5, 0.6) is 5.88 Å². The first-order valence-corrected chi connectivity index (χ1v) is 9.33. The van der Waals surface area contributed by atoms with Crippen molar-refractivity contribution in [3.63, 3.8) is 0 Å². The smallest absolute Gasteiger partial charge is 0.216 e. The summed E-state index contributed by atoms with van der Waals surface area (Å²) in [5, 5.41) is 10.2. The molecule has 0 amide bonds. The van der Waals surface area contributed by atoms with E-state index in [2.05, 4.69) is 24.9 Å². The lowest BCUT2D eigenvalue weighted by Crippen LogP contribution is -2.14. The minimum absolute atomic E-state index is 0.177. The van der Waals surface area contributed by atoms with E-state index in [4.69, 9.17) is 4.74 Å². The largest absolute Gasteiger partial charge is 0.481 e. The number of hydrogen-bond donors (Lipinski definition) is 1. The summed E-state index contributed by atoms with van der Waals surface area (Å²) in [7, 11) is 1.66. The van der Waals surface area contributed by atoms with Gasteiger partial charge in [-0.15, -0.1) is 0 Å². The first kappa shape index (κ1) is 20.0. The van der Waals surface area contributed by atoms with Gasteiger partial charge in [0.2, 0.25) is 5.88 Å². The van der Waals surface area contributed by atoms with Crippen LogP contribution < -0.4 is 4.74 Å². The second kappa shape index (κ2) is 12.3. The maximum Gasteiger partial charge on any atom is 0.216 e. The number of methoxy groups -OCH3 is 1. The molecule has 2 unspecified atom stereocenters. The third-order valence-electron chi connectivity index (χ3n) is 4.43. The Morgan fingerprint density at radius 3 is 2.52 bits per heavy atom. The molecule has 0 fully saturated rings. The molecule has 1 N–H and O–H groups in total. The molecular weight excluding hydrogens is 286 g/mol. The van der Waals surface area contributed by atoms with E-state index >= 15 is 0 Å². The molecule has 0 bridgehead atoms. The van der Waals surface area contributed by atoms with Crippen LogP contribution in [0.2, 0.25) is 0 Å². The number of unbranched alkanes of at least 4 members (excludes halogenated alkanes) is 6. The number of hydrogen-bond acceptors (Lipinski definition) is 3. The molecule has 0 saturated heterocycles. The fourth-order valence-corrected chi connectivity index (χ4v) is 3.14. The molecule has 0 aromatic carbocycles. The molecular formula is C20H35NO2. The molecule has 2 atom stereocenters.